The number of likely N-dealkylation sites (tertiary alicyclic amines) is 1. The predicted molar refractivity (Wildman–Crippen MR) is 115 cm³/mol. The van der Waals surface area contributed by atoms with E-state index in [2.05, 4.69) is 52.3 Å². The highest BCUT2D eigenvalue weighted by Gasteiger charge is 2.28. The van der Waals surface area contributed by atoms with Gasteiger partial charge in [-0.15, -0.1) is 0 Å². The van der Waals surface area contributed by atoms with E-state index in [-0.39, 0.29) is 0 Å². The molecule has 4 heteroatoms. The minimum atomic E-state index is 0.302. The molecule has 0 spiro atoms. The molecule has 4 rings (SSSR count). The summed E-state index contributed by atoms with van der Waals surface area (Å²) in [7, 11) is 0. The smallest absolute Gasteiger partial charge is 0.227 e. The average molecular weight is 383 g/mol. The zero-order chi connectivity index (χ0) is 18.5. The zero-order valence-electron chi connectivity index (χ0n) is 16.1. The molecule has 2 heterocycles. The fraction of sp³-hybridized carbons (Fsp3) is 0.522. The highest BCUT2D eigenvalue weighted by molar-refractivity contribution is 7.99. The van der Waals surface area contributed by atoms with Gasteiger partial charge in [-0.2, -0.15) is 11.8 Å². The Hall–Kier alpha value is -1.52. The summed E-state index contributed by atoms with van der Waals surface area (Å²) in [4.78, 5) is 18.1. The largest absolute Gasteiger partial charge is 0.337 e. The first-order valence-corrected chi connectivity index (χ1v) is 11.5. The van der Waals surface area contributed by atoms with Crippen LogP contribution in [0.15, 0.2) is 42.5 Å². The van der Waals surface area contributed by atoms with E-state index in [1.54, 1.807) is 0 Å². The molecule has 2 fully saturated rings. The summed E-state index contributed by atoms with van der Waals surface area (Å²) in [5.74, 6) is 2.56. The fourth-order valence-corrected chi connectivity index (χ4v) is 5.52. The highest BCUT2D eigenvalue weighted by atomic mass is 32.2. The van der Waals surface area contributed by atoms with Gasteiger partial charge in [0.25, 0.3) is 0 Å². The van der Waals surface area contributed by atoms with Crippen molar-refractivity contribution in [2.45, 2.75) is 38.1 Å². The van der Waals surface area contributed by atoms with Crippen LogP contribution in [0.5, 0.6) is 0 Å². The Labute approximate surface area is 167 Å². The van der Waals surface area contributed by atoms with Crippen LogP contribution >= 0.6 is 11.8 Å². The second-order valence-corrected chi connectivity index (χ2v) is 9.00. The normalized spacial score (nSPS) is 21.9. The number of amides is 1. The van der Waals surface area contributed by atoms with Crippen molar-refractivity contribution in [3.8, 4) is 0 Å². The second-order valence-electron chi connectivity index (χ2n) is 7.85. The first kappa shape index (κ1) is 18.8. The average Bonchev–Trinajstić information content (AvgIpc) is 2.94. The molecule has 2 saturated heterocycles. The Bertz CT molecular complexity index is 767. The van der Waals surface area contributed by atoms with Crippen LogP contribution in [0, 0.1) is 0 Å². The molecule has 0 aromatic heterocycles. The summed E-state index contributed by atoms with van der Waals surface area (Å²) in [5, 5.41) is 2.43. The maximum atomic E-state index is 13.3. The van der Waals surface area contributed by atoms with Crippen LogP contribution in [-0.4, -0.2) is 59.4 Å². The van der Waals surface area contributed by atoms with Crippen LogP contribution in [0.25, 0.3) is 10.8 Å². The fourth-order valence-electron chi connectivity index (χ4n) is 4.46. The number of hydrogen-bond acceptors (Lipinski definition) is 3. The van der Waals surface area contributed by atoms with E-state index in [1.165, 1.54) is 48.9 Å². The number of benzene rings is 2. The van der Waals surface area contributed by atoms with Crippen molar-refractivity contribution in [2.24, 2.45) is 0 Å². The first-order valence-electron chi connectivity index (χ1n) is 10.4. The summed E-state index contributed by atoms with van der Waals surface area (Å²) >= 11 is 2.02. The molecule has 144 valence electrons. The highest BCUT2D eigenvalue weighted by Crippen LogP contribution is 2.23. The van der Waals surface area contributed by atoms with Gasteiger partial charge in [-0.1, -0.05) is 48.9 Å². The minimum absolute atomic E-state index is 0.302. The summed E-state index contributed by atoms with van der Waals surface area (Å²) < 4.78 is 0. The van der Waals surface area contributed by atoms with Crippen molar-refractivity contribution in [2.75, 3.05) is 37.7 Å². The van der Waals surface area contributed by atoms with Gasteiger partial charge in [0.1, 0.15) is 0 Å². The molecule has 2 aliphatic heterocycles. The number of hydrogen-bond donors (Lipinski definition) is 0. The van der Waals surface area contributed by atoms with E-state index < -0.39 is 0 Å². The van der Waals surface area contributed by atoms with Crippen LogP contribution in [0.4, 0.5) is 0 Å². The van der Waals surface area contributed by atoms with Crippen molar-refractivity contribution < 1.29 is 4.79 Å². The van der Waals surface area contributed by atoms with Crippen molar-refractivity contribution in [3.05, 3.63) is 48.0 Å². The van der Waals surface area contributed by atoms with E-state index in [9.17, 15) is 4.79 Å². The quantitative estimate of drug-likeness (QED) is 0.792. The van der Waals surface area contributed by atoms with Crippen molar-refractivity contribution in [3.63, 3.8) is 0 Å². The minimum Gasteiger partial charge on any atom is -0.337 e. The standard InChI is InChI=1S/C23H30N2OS/c26-23(16-20-10-6-9-19-8-2-3-11-22(19)20)25-14-7-15-27-18-21(25)17-24-12-4-1-5-13-24/h2-3,6,8-11,21H,1,4-5,7,12-18H2. The van der Waals surface area contributed by atoms with Crippen LogP contribution in [-0.2, 0) is 11.2 Å². The van der Waals surface area contributed by atoms with Gasteiger partial charge in [-0.05, 0) is 54.4 Å². The first-order chi connectivity index (χ1) is 13.3. The number of thioether (sulfide) groups is 1. The number of carbonyl (C=O) groups is 1. The summed E-state index contributed by atoms with van der Waals surface area (Å²) in [6.07, 6.45) is 5.61. The number of rotatable bonds is 4. The molecule has 1 atom stereocenters. The lowest BCUT2D eigenvalue weighted by molar-refractivity contribution is -0.132. The van der Waals surface area contributed by atoms with Gasteiger partial charge >= 0.3 is 0 Å². The van der Waals surface area contributed by atoms with E-state index >= 15 is 0 Å². The molecule has 2 aromatic rings. The molecule has 2 aromatic carbocycles. The third kappa shape index (κ3) is 4.67. The molecule has 0 bridgehead atoms. The molecule has 27 heavy (non-hydrogen) atoms. The van der Waals surface area contributed by atoms with Crippen molar-refractivity contribution in [1.29, 1.82) is 0 Å². The number of carbonyl (C=O) groups excluding carboxylic acids is 1. The monoisotopic (exact) mass is 382 g/mol. The topological polar surface area (TPSA) is 23.6 Å². The molecular weight excluding hydrogens is 352 g/mol. The van der Waals surface area contributed by atoms with Gasteiger partial charge in [-0.25, -0.2) is 0 Å². The van der Waals surface area contributed by atoms with Gasteiger partial charge < -0.3 is 9.80 Å². The third-order valence-corrected chi connectivity index (χ3v) is 7.10. The van der Waals surface area contributed by atoms with Crippen LogP contribution in [0.1, 0.15) is 31.2 Å². The molecule has 1 amide bonds. The van der Waals surface area contributed by atoms with Gasteiger partial charge in [0.05, 0.1) is 12.5 Å². The van der Waals surface area contributed by atoms with Gasteiger partial charge in [0.2, 0.25) is 5.91 Å². The van der Waals surface area contributed by atoms with Gasteiger partial charge in [0.15, 0.2) is 0 Å². The third-order valence-electron chi connectivity index (χ3n) is 5.90. The Morgan fingerprint density at radius 1 is 0.963 bits per heavy atom. The summed E-state index contributed by atoms with van der Waals surface area (Å²) in [6.45, 7) is 4.36. The Kier molecular flexibility index (Phi) is 6.36. The Morgan fingerprint density at radius 2 is 1.78 bits per heavy atom. The van der Waals surface area contributed by atoms with E-state index in [4.69, 9.17) is 0 Å². The van der Waals surface area contributed by atoms with Crippen LogP contribution in [0.2, 0.25) is 0 Å². The number of nitrogens with zero attached hydrogens (tertiary/aromatic N) is 2. The van der Waals surface area contributed by atoms with Gasteiger partial charge in [0, 0.05) is 18.8 Å². The molecule has 0 radical (unpaired) electrons. The summed E-state index contributed by atoms with van der Waals surface area (Å²) in [6, 6.07) is 15.1. The molecule has 1 unspecified atom stereocenters. The van der Waals surface area contributed by atoms with E-state index in [0.29, 0.717) is 18.4 Å². The number of piperidine rings is 1. The lowest BCUT2D eigenvalue weighted by atomic mass is 10.0. The molecule has 2 aliphatic rings. The molecule has 0 N–H and O–H groups in total. The number of fused-ring (bicyclic) bond motifs is 1. The molecule has 3 nitrogen and oxygen atoms in total. The predicted octanol–water partition coefficient (Wildman–Crippen LogP) is 4.20. The molecular formula is C23H30N2OS. The zero-order valence-corrected chi connectivity index (χ0v) is 16.9. The maximum absolute atomic E-state index is 13.3. The van der Waals surface area contributed by atoms with Crippen molar-refractivity contribution in [1.82, 2.24) is 9.80 Å². The SMILES string of the molecule is O=C(Cc1cccc2ccccc12)N1CCCSCC1CN1CCCCC1. The van der Waals surface area contributed by atoms with E-state index in [0.717, 1.165) is 30.8 Å². The summed E-state index contributed by atoms with van der Waals surface area (Å²) in [5.41, 5.74) is 1.16. The Morgan fingerprint density at radius 3 is 2.67 bits per heavy atom. The van der Waals surface area contributed by atoms with Gasteiger partial charge in [-0.3, -0.25) is 4.79 Å². The molecule has 0 aliphatic carbocycles. The van der Waals surface area contributed by atoms with E-state index in [1.807, 2.05) is 11.8 Å². The lowest BCUT2D eigenvalue weighted by Crippen LogP contribution is -2.49. The van der Waals surface area contributed by atoms with Crippen LogP contribution < -0.4 is 0 Å². The Balaban J connectivity index is 1.50. The van der Waals surface area contributed by atoms with Crippen molar-refractivity contribution >= 4 is 28.4 Å². The maximum Gasteiger partial charge on any atom is 0.227 e. The molecule has 0 saturated carbocycles. The second kappa shape index (κ2) is 9.11. The van der Waals surface area contributed by atoms with Crippen LogP contribution in [0.3, 0.4) is 0 Å². The lowest BCUT2D eigenvalue weighted by Gasteiger charge is -2.36.